The standard InChI is InChI=1S/C20H24N2O3/c1-12(2)25-20(23)18-16(11-24-6)22-14(4)19(21-5)17(18)15-10-8-7-9-13(15)3/h7-10,12,17,22H,11H2,1-4,6H3. The molecule has 1 atom stereocenters. The summed E-state index contributed by atoms with van der Waals surface area (Å²) in [6.45, 7) is 15.3. The second-order valence-corrected chi connectivity index (χ2v) is 6.32. The van der Waals surface area contributed by atoms with Gasteiger partial charge in [0.15, 0.2) is 5.70 Å². The second kappa shape index (κ2) is 8.00. The van der Waals surface area contributed by atoms with E-state index in [1.54, 1.807) is 7.11 Å². The summed E-state index contributed by atoms with van der Waals surface area (Å²) in [7, 11) is 1.58. The van der Waals surface area contributed by atoms with Crippen LogP contribution in [0, 0.1) is 13.5 Å². The van der Waals surface area contributed by atoms with Gasteiger partial charge in [-0.15, -0.1) is 0 Å². The van der Waals surface area contributed by atoms with Crippen molar-refractivity contribution >= 4 is 5.97 Å². The maximum atomic E-state index is 12.9. The fourth-order valence-corrected chi connectivity index (χ4v) is 3.02. The molecule has 2 rings (SSSR count). The molecule has 25 heavy (non-hydrogen) atoms. The summed E-state index contributed by atoms with van der Waals surface area (Å²) in [6, 6.07) is 7.80. The van der Waals surface area contributed by atoms with Crippen LogP contribution in [0.25, 0.3) is 4.85 Å². The van der Waals surface area contributed by atoms with E-state index in [-0.39, 0.29) is 12.7 Å². The number of allylic oxidation sites excluding steroid dienone is 2. The molecule has 1 aromatic rings. The highest BCUT2D eigenvalue weighted by atomic mass is 16.5. The van der Waals surface area contributed by atoms with Crippen molar-refractivity contribution in [2.24, 2.45) is 0 Å². The molecule has 0 aliphatic carbocycles. The SMILES string of the molecule is [C-]#[N+]C1=C(C)NC(COC)=C(C(=O)OC(C)C)C1c1ccccc1C. The molecule has 0 radical (unpaired) electrons. The van der Waals surface area contributed by atoms with Gasteiger partial charge >= 0.3 is 5.97 Å². The molecule has 5 nitrogen and oxygen atoms in total. The van der Waals surface area contributed by atoms with Crippen LogP contribution in [0.3, 0.4) is 0 Å². The minimum Gasteiger partial charge on any atom is -0.460 e. The van der Waals surface area contributed by atoms with Gasteiger partial charge < -0.3 is 14.8 Å². The van der Waals surface area contributed by atoms with Gasteiger partial charge in [-0.05, 0) is 38.8 Å². The van der Waals surface area contributed by atoms with Crippen LogP contribution in [0.1, 0.15) is 37.8 Å². The number of dihydropyridines is 1. The van der Waals surface area contributed by atoms with Gasteiger partial charge in [0.2, 0.25) is 0 Å². The fourth-order valence-electron chi connectivity index (χ4n) is 3.02. The maximum Gasteiger partial charge on any atom is 0.335 e. The molecule has 1 heterocycles. The first-order chi connectivity index (χ1) is 11.9. The van der Waals surface area contributed by atoms with Crippen molar-refractivity contribution in [1.29, 1.82) is 0 Å². The summed E-state index contributed by atoms with van der Waals surface area (Å²) in [4.78, 5) is 16.6. The first-order valence-electron chi connectivity index (χ1n) is 8.24. The molecule has 1 aliphatic heterocycles. The van der Waals surface area contributed by atoms with Gasteiger partial charge in [0.1, 0.15) is 0 Å². The number of nitrogens with one attached hydrogen (secondary N) is 1. The van der Waals surface area contributed by atoms with E-state index in [4.69, 9.17) is 16.0 Å². The minimum absolute atomic E-state index is 0.244. The molecule has 1 aliphatic rings. The lowest BCUT2D eigenvalue weighted by Crippen LogP contribution is -2.32. The number of hydrogen-bond donors (Lipinski definition) is 1. The zero-order valence-corrected chi connectivity index (χ0v) is 15.3. The fraction of sp³-hybridized carbons (Fsp3) is 0.400. The van der Waals surface area contributed by atoms with E-state index in [1.165, 1.54) is 0 Å². The van der Waals surface area contributed by atoms with Gasteiger partial charge in [0.25, 0.3) is 0 Å². The number of rotatable bonds is 5. The molecule has 1 N–H and O–H groups in total. The molecule has 1 aromatic carbocycles. The predicted octanol–water partition coefficient (Wildman–Crippen LogP) is 3.68. The van der Waals surface area contributed by atoms with E-state index in [9.17, 15) is 4.79 Å². The van der Waals surface area contributed by atoms with Crippen molar-refractivity contribution < 1.29 is 14.3 Å². The zero-order valence-electron chi connectivity index (χ0n) is 15.3. The summed E-state index contributed by atoms with van der Waals surface area (Å²) in [5.74, 6) is -0.882. The predicted molar refractivity (Wildman–Crippen MR) is 96.5 cm³/mol. The molecule has 0 fully saturated rings. The Balaban J connectivity index is 2.68. The Bertz CT molecular complexity index is 769. The van der Waals surface area contributed by atoms with Crippen molar-refractivity contribution in [2.45, 2.75) is 39.7 Å². The number of nitrogens with zero attached hydrogens (tertiary/aromatic N) is 1. The molecule has 5 heteroatoms. The van der Waals surface area contributed by atoms with Crippen LogP contribution in [-0.2, 0) is 14.3 Å². The summed E-state index contributed by atoms with van der Waals surface area (Å²) >= 11 is 0. The van der Waals surface area contributed by atoms with Gasteiger partial charge in [-0.1, -0.05) is 24.3 Å². The lowest BCUT2D eigenvalue weighted by molar-refractivity contribution is -0.143. The highest BCUT2D eigenvalue weighted by Crippen LogP contribution is 2.40. The van der Waals surface area contributed by atoms with Crippen molar-refractivity contribution in [1.82, 2.24) is 5.32 Å². The normalized spacial score (nSPS) is 17.4. The number of benzene rings is 1. The monoisotopic (exact) mass is 340 g/mol. The topological polar surface area (TPSA) is 51.9 Å². The molecule has 0 aromatic heterocycles. The third-order valence-electron chi connectivity index (χ3n) is 4.08. The van der Waals surface area contributed by atoms with E-state index in [0.717, 1.165) is 16.8 Å². The Labute approximate surface area is 149 Å². The van der Waals surface area contributed by atoms with E-state index in [1.807, 2.05) is 52.0 Å². The van der Waals surface area contributed by atoms with Gasteiger partial charge in [-0.3, -0.25) is 0 Å². The van der Waals surface area contributed by atoms with Gasteiger partial charge in [0.05, 0.1) is 36.5 Å². The van der Waals surface area contributed by atoms with Crippen LogP contribution in [-0.4, -0.2) is 25.8 Å². The van der Waals surface area contributed by atoms with E-state index >= 15 is 0 Å². The Morgan fingerprint density at radius 1 is 1.32 bits per heavy atom. The first kappa shape index (κ1) is 18.8. The highest BCUT2D eigenvalue weighted by molar-refractivity contribution is 5.93. The zero-order chi connectivity index (χ0) is 18.6. The van der Waals surface area contributed by atoms with E-state index < -0.39 is 11.9 Å². The third kappa shape index (κ3) is 3.92. The molecular formula is C20H24N2O3. The first-order valence-corrected chi connectivity index (χ1v) is 8.24. The molecule has 0 spiro atoms. The molecule has 0 saturated carbocycles. The molecule has 0 bridgehead atoms. The molecular weight excluding hydrogens is 316 g/mol. The lowest BCUT2D eigenvalue weighted by Gasteiger charge is -2.30. The van der Waals surface area contributed by atoms with Crippen LogP contribution < -0.4 is 5.32 Å². The second-order valence-electron chi connectivity index (χ2n) is 6.32. The Kier molecular flexibility index (Phi) is 6.00. The van der Waals surface area contributed by atoms with Crippen LogP contribution in [0.5, 0.6) is 0 Å². The van der Waals surface area contributed by atoms with Gasteiger partial charge in [-0.25, -0.2) is 9.64 Å². The van der Waals surface area contributed by atoms with Gasteiger partial charge in [0, 0.05) is 12.8 Å². The minimum atomic E-state index is -0.462. The number of esters is 1. The number of aryl methyl sites for hydroxylation is 1. The van der Waals surface area contributed by atoms with Crippen molar-refractivity contribution in [3.8, 4) is 0 Å². The van der Waals surface area contributed by atoms with Crippen LogP contribution in [0.15, 0.2) is 46.9 Å². The van der Waals surface area contributed by atoms with Crippen LogP contribution >= 0.6 is 0 Å². The van der Waals surface area contributed by atoms with E-state index in [2.05, 4.69) is 10.2 Å². The smallest absolute Gasteiger partial charge is 0.335 e. The third-order valence-corrected chi connectivity index (χ3v) is 4.08. The Hall–Kier alpha value is -2.58. The number of ether oxygens (including phenoxy) is 2. The van der Waals surface area contributed by atoms with Gasteiger partial charge in [-0.2, -0.15) is 0 Å². The average molecular weight is 340 g/mol. The van der Waals surface area contributed by atoms with Crippen LogP contribution in [0.2, 0.25) is 0 Å². The average Bonchev–Trinajstić information content (AvgIpc) is 2.54. The summed E-state index contributed by atoms with van der Waals surface area (Å²) in [5.41, 5.74) is 4.28. The van der Waals surface area contributed by atoms with Crippen molar-refractivity contribution in [3.63, 3.8) is 0 Å². The summed E-state index contributed by atoms with van der Waals surface area (Å²) < 4.78 is 10.7. The number of hydrogen-bond acceptors (Lipinski definition) is 4. The molecule has 132 valence electrons. The number of methoxy groups -OCH3 is 1. The van der Waals surface area contributed by atoms with Crippen LogP contribution in [0.4, 0.5) is 0 Å². The molecule has 0 saturated heterocycles. The summed E-state index contributed by atoms with van der Waals surface area (Å²) in [5, 5.41) is 3.16. The largest absolute Gasteiger partial charge is 0.460 e. The number of carbonyl (C=O) groups excluding carboxylic acids is 1. The Morgan fingerprint density at radius 3 is 2.56 bits per heavy atom. The molecule has 1 unspecified atom stereocenters. The quantitative estimate of drug-likeness (QED) is 0.656. The van der Waals surface area contributed by atoms with E-state index in [0.29, 0.717) is 17.0 Å². The lowest BCUT2D eigenvalue weighted by atomic mass is 9.82. The Morgan fingerprint density at radius 2 is 2.00 bits per heavy atom. The highest BCUT2D eigenvalue weighted by Gasteiger charge is 2.36. The molecule has 0 amide bonds. The summed E-state index contributed by atoms with van der Waals surface area (Å²) in [6.07, 6.45) is -0.246. The van der Waals surface area contributed by atoms with Crippen molar-refractivity contribution in [3.05, 3.63) is 69.5 Å². The maximum absolute atomic E-state index is 12.9. The number of carbonyl (C=O) groups is 1. The van der Waals surface area contributed by atoms with Crippen molar-refractivity contribution in [2.75, 3.05) is 13.7 Å².